The normalized spacial score (nSPS) is 16.9. The van der Waals surface area contributed by atoms with Gasteiger partial charge in [-0.05, 0) is 42.6 Å². The van der Waals surface area contributed by atoms with E-state index >= 15 is 0 Å². The molecule has 0 saturated heterocycles. The highest BCUT2D eigenvalue weighted by Gasteiger charge is 2.34. The van der Waals surface area contributed by atoms with E-state index in [2.05, 4.69) is 16.3 Å². The molecule has 2 aromatic carbocycles. The van der Waals surface area contributed by atoms with Crippen LogP contribution in [0.4, 0.5) is 4.39 Å². The molecule has 30 heavy (non-hydrogen) atoms. The Morgan fingerprint density at radius 1 is 1.27 bits per heavy atom. The molecular formula is C23H17ClFNO3S. The maximum absolute atomic E-state index is 14.2. The molecule has 0 atom stereocenters. The van der Waals surface area contributed by atoms with Gasteiger partial charge < -0.3 is 9.47 Å². The first kappa shape index (κ1) is 19.3. The number of carbonyl (C=O) groups excluding carboxylic acids is 1. The molecule has 0 saturated carbocycles. The molecule has 2 aliphatic rings. The Morgan fingerprint density at radius 3 is 2.90 bits per heavy atom. The van der Waals surface area contributed by atoms with Gasteiger partial charge in [0, 0.05) is 34.7 Å². The summed E-state index contributed by atoms with van der Waals surface area (Å²) < 4.78 is 26.0. The molecule has 0 unspecified atom stereocenters. The average Bonchev–Trinajstić information content (AvgIpc) is 3.34. The van der Waals surface area contributed by atoms with Crippen LogP contribution in [0.15, 0.2) is 47.5 Å². The summed E-state index contributed by atoms with van der Waals surface area (Å²) in [6.07, 6.45) is 1.36. The number of carbonyl (C=O) groups is 1. The predicted molar refractivity (Wildman–Crippen MR) is 115 cm³/mol. The molecule has 4 nitrogen and oxygen atoms in total. The van der Waals surface area contributed by atoms with Crippen molar-refractivity contribution in [1.29, 1.82) is 0 Å². The van der Waals surface area contributed by atoms with Crippen molar-refractivity contribution in [1.82, 2.24) is 4.90 Å². The summed E-state index contributed by atoms with van der Waals surface area (Å²) in [6, 6.07) is 10.3. The van der Waals surface area contributed by atoms with Gasteiger partial charge in [-0.3, -0.25) is 9.69 Å². The lowest BCUT2D eigenvalue weighted by Gasteiger charge is -2.30. The molecule has 0 amide bonds. The Kier molecular flexibility index (Phi) is 4.85. The van der Waals surface area contributed by atoms with E-state index in [0.29, 0.717) is 24.6 Å². The fraction of sp³-hybridized carbons (Fsp3) is 0.174. The molecule has 3 aromatic rings. The van der Waals surface area contributed by atoms with E-state index in [1.165, 1.54) is 23.1 Å². The van der Waals surface area contributed by atoms with Gasteiger partial charge in [-0.2, -0.15) is 0 Å². The van der Waals surface area contributed by atoms with Gasteiger partial charge in [0.05, 0.1) is 10.6 Å². The fourth-order valence-corrected chi connectivity index (χ4v) is 4.76. The van der Waals surface area contributed by atoms with Gasteiger partial charge in [-0.15, -0.1) is 11.3 Å². The second-order valence-electron chi connectivity index (χ2n) is 7.28. The number of benzene rings is 2. The molecule has 1 aromatic heterocycles. The van der Waals surface area contributed by atoms with E-state index in [0.717, 1.165) is 23.4 Å². The number of thiophene rings is 1. The number of rotatable bonds is 3. The SMILES string of the molecule is Cc1c2c(cc3c1O/C(=C\c1c(F)cccc1Cl)C3=O)CN(Cc1cccs1)CO2. The van der Waals surface area contributed by atoms with Crippen LogP contribution in [-0.4, -0.2) is 17.4 Å². The zero-order chi connectivity index (χ0) is 20.8. The number of fused-ring (bicyclic) bond motifs is 2. The molecule has 0 spiro atoms. The largest absolute Gasteiger partial charge is 0.477 e. The highest BCUT2D eigenvalue weighted by atomic mass is 35.5. The van der Waals surface area contributed by atoms with Crippen LogP contribution in [0.1, 0.15) is 31.9 Å². The van der Waals surface area contributed by atoms with Gasteiger partial charge in [0.15, 0.2) is 5.76 Å². The molecule has 0 bridgehead atoms. The zero-order valence-electron chi connectivity index (χ0n) is 16.1. The molecule has 0 fully saturated rings. The number of ether oxygens (including phenoxy) is 2. The number of hydrogen-bond donors (Lipinski definition) is 0. The first-order chi connectivity index (χ1) is 14.5. The third-order valence-electron chi connectivity index (χ3n) is 5.24. The minimum atomic E-state index is -0.508. The molecule has 5 rings (SSSR count). The quantitative estimate of drug-likeness (QED) is 0.480. The smallest absolute Gasteiger partial charge is 0.231 e. The topological polar surface area (TPSA) is 38.8 Å². The minimum Gasteiger partial charge on any atom is -0.477 e. The molecule has 7 heteroatoms. The first-order valence-corrected chi connectivity index (χ1v) is 10.7. The van der Waals surface area contributed by atoms with Crippen LogP contribution in [-0.2, 0) is 13.1 Å². The van der Waals surface area contributed by atoms with E-state index in [-0.39, 0.29) is 22.1 Å². The van der Waals surface area contributed by atoms with Crippen LogP contribution in [0, 0.1) is 12.7 Å². The third kappa shape index (κ3) is 3.31. The fourth-order valence-electron chi connectivity index (χ4n) is 3.80. The number of halogens is 2. The molecule has 3 heterocycles. The lowest BCUT2D eigenvalue weighted by molar-refractivity contribution is 0.0886. The average molecular weight is 442 g/mol. The maximum Gasteiger partial charge on any atom is 0.231 e. The van der Waals surface area contributed by atoms with E-state index in [4.69, 9.17) is 21.1 Å². The van der Waals surface area contributed by atoms with E-state index in [1.54, 1.807) is 17.4 Å². The van der Waals surface area contributed by atoms with Gasteiger partial charge in [-0.25, -0.2) is 4.39 Å². The Hall–Kier alpha value is -2.67. The van der Waals surface area contributed by atoms with Crippen molar-refractivity contribution in [3.8, 4) is 11.5 Å². The van der Waals surface area contributed by atoms with Gasteiger partial charge >= 0.3 is 0 Å². The van der Waals surface area contributed by atoms with Gasteiger partial charge in [0.25, 0.3) is 0 Å². The molecule has 0 N–H and O–H groups in total. The second kappa shape index (κ2) is 7.54. The lowest BCUT2D eigenvalue weighted by Crippen LogP contribution is -2.31. The highest BCUT2D eigenvalue weighted by molar-refractivity contribution is 7.09. The Balaban J connectivity index is 1.47. The van der Waals surface area contributed by atoms with E-state index in [9.17, 15) is 9.18 Å². The summed E-state index contributed by atoms with van der Waals surface area (Å²) in [4.78, 5) is 16.4. The Labute approximate surface area is 182 Å². The van der Waals surface area contributed by atoms with Crippen molar-refractivity contribution >= 4 is 34.8 Å². The first-order valence-electron chi connectivity index (χ1n) is 9.43. The van der Waals surface area contributed by atoms with Crippen molar-refractivity contribution in [2.45, 2.75) is 20.0 Å². The summed E-state index contributed by atoms with van der Waals surface area (Å²) in [5.41, 5.74) is 2.31. The minimum absolute atomic E-state index is 0.0536. The van der Waals surface area contributed by atoms with E-state index < -0.39 is 5.82 Å². The van der Waals surface area contributed by atoms with Crippen LogP contribution in [0.3, 0.4) is 0 Å². The number of nitrogens with zero attached hydrogens (tertiary/aromatic N) is 1. The van der Waals surface area contributed by atoms with E-state index in [1.807, 2.05) is 19.1 Å². The van der Waals surface area contributed by atoms with Crippen molar-refractivity contribution in [2.75, 3.05) is 6.73 Å². The molecule has 0 radical (unpaired) electrons. The summed E-state index contributed by atoms with van der Waals surface area (Å²) in [5, 5.41) is 2.27. The van der Waals surface area contributed by atoms with Gasteiger partial charge in [0.1, 0.15) is 24.0 Å². The highest BCUT2D eigenvalue weighted by Crippen LogP contribution is 2.43. The number of ketones is 1. The summed E-state index contributed by atoms with van der Waals surface area (Å²) >= 11 is 7.80. The van der Waals surface area contributed by atoms with Crippen molar-refractivity contribution in [3.63, 3.8) is 0 Å². The zero-order valence-corrected chi connectivity index (χ0v) is 17.6. The number of hydrogen-bond acceptors (Lipinski definition) is 5. The Morgan fingerprint density at radius 2 is 2.13 bits per heavy atom. The summed E-state index contributed by atoms with van der Waals surface area (Å²) in [6.45, 7) is 3.80. The lowest BCUT2D eigenvalue weighted by atomic mass is 10.00. The van der Waals surface area contributed by atoms with Crippen LogP contribution in [0.25, 0.3) is 6.08 Å². The maximum atomic E-state index is 14.2. The second-order valence-corrected chi connectivity index (χ2v) is 8.72. The number of Topliss-reactive ketones (excluding diaryl/α,β-unsaturated/α-hetero) is 1. The van der Waals surface area contributed by atoms with Crippen molar-refractivity contribution in [2.24, 2.45) is 0 Å². The van der Waals surface area contributed by atoms with Crippen molar-refractivity contribution in [3.05, 3.63) is 85.5 Å². The monoisotopic (exact) mass is 441 g/mol. The van der Waals surface area contributed by atoms with Crippen LogP contribution < -0.4 is 9.47 Å². The summed E-state index contributed by atoms with van der Waals surface area (Å²) in [7, 11) is 0. The summed E-state index contributed by atoms with van der Waals surface area (Å²) in [5.74, 6) is 0.465. The van der Waals surface area contributed by atoms with Crippen LogP contribution in [0.5, 0.6) is 11.5 Å². The molecule has 152 valence electrons. The predicted octanol–water partition coefficient (Wildman–Crippen LogP) is 5.82. The standard InChI is InChI=1S/C23H17ClFNO3S/c1-13-22-14(10-26(12-28-22)11-15-4-3-7-30-15)8-17-21(27)20(29-23(13)17)9-16-18(24)5-2-6-19(16)25/h2-9H,10-12H2,1H3/b20-9-. The third-order valence-corrected chi connectivity index (χ3v) is 6.43. The number of allylic oxidation sites excluding steroid dienone is 1. The van der Waals surface area contributed by atoms with Crippen LogP contribution in [0.2, 0.25) is 5.02 Å². The van der Waals surface area contributed by atoms with Crippen LogP contribution >= 0.6 is 22.9 Å². The van der Waals surface area contributed by atoms with Gasteiger partial charge in [-0.1, -0.05) is 23.7 Å². The molecule has 0 aliphatic carbocycles. The van der Waals surface area contributed by atoms with Gasteiger partial charge in [0.2, 0.25) is 5.78 Å². The molecular weight excluding hydrogens is 425 g/mol. The van der Waals surface area contributed by atoms with Crippen molar-refractivity contribution < 1.29 is 18.7 Å². The Bertz CT molecular complexity index is 1170. The molecule has 2 aliphatic heterocycles.